The number of nitrogen functional groups attached to an aromatic ring is 1. The van der Waals surface area contributed by atoms with Gasteiger partial charge in [0.1, 0.15) is 11.5 Å². The van der Waals surface area contributed by atoms with Crippen LogP contribution in [0.3, 0.4) is 0 Å². The van der Waals surface area contributed by atoms with Gasteiger partial charge in [0.2, 0.25) is 0 Å². The average Bonchev–Trinajstić information content (AvgIpc) is 3.15. The Kier molecular flexibility index (Phi) is 4.44. The van der Waals surface area contributed by atoms with Gasteiger partial charge in [-0.1, -0.05) is 18.2 Å². The summed E-state index contributed by atoms with van der Waals surface area (Å²) in [7, 11) is -2.68. The molecule has 0 aliphatic heterocycles. The molecule has 0 spiro atoms. The number of anilines is 1. The zero-order chi connectivity index (χ0) is 19.2. The molecule has 0 saturated heterocycles. The Labute approximate surface area is 159 Å². The highest BCUT2D eigenvalue weighted by Crippen LogP contribution is 2.49. The molecule has 4 N–H and O–H groups in total. The van der Waals surface area contributed by atoms with Crippen molar-refractivity contribution < 1.29 is 23.8 Å². The lowest BCUT2D eigenvalue weighted by molar-refractivity contribution is 0.301. The Morgan fingerprint density at radius 2 is 2.11 bits per heavy atom. The minimum Gasteiger partial charge on any atom is -0.497 e. The summed E-state index contributed by atoms with van der Waals surface area (Å²) in [5, 5.41) is 0.457. The van der Waals surface area contributed by atoms with Gasteiger partial charge in [0.15, 0.2) is 11.5 Å². The Morgan fingerprint density at radius 3 is 2.85 bits per heavy atom. The first kappa shape index (κ1) is 18.0. The fourth-order valence-electron chi connectivity index (χ4n) is 3.25. The second-order valence-corrected chi connectivity index (χ2v) is 8.84. The molecule has 2 aromatic carbocycles. The van der Waals surface area contributed by atoms with Gasteiger partial charge in [0.25, 0.3) is 0 Å². The molecular formula is C18H17N2O5PS. The van der Waals surface area contributed by atoms with E-state index in [2.05, 4.69) is 4.98 Å². The van der Waals surface area contributed by atoms with Gasteiger partial charge in [0, 0.05) is 16.9 Å². The fraction of sp³-hybridized carbons (Fsp3) is 0.167. The second kappa shape index (κ2) is 6.65. The first-order valence-corrected chi connectivity index (χ1v) is 10.7. The van der Waals surface area contributed by atoms with E-state index in [9.17, 15) is 4.57 Å². The fourth-order valence-corrected chi connectivity index (χ4v) is 4.41. The van der Waals surface area contributed by atoms with Crippen LogP contribution < -0.4 is 15.2 Å². The summed E-state index contributed by atoms with van der Waals surface area (Å²) >= 11 is 1.41. The lowest BCUT2D eigenvalue weighted by Gasteiger charge is -2.15. The molecule has 1 heterocycles. The van der Waals surface area contributed by atoms with Crippen molar-refractivity contribution in [3.63, 3.8) is 0 Å². The van der Waals surface area contributed by atoms with Crippen LogP contribution in [0.1, 0.15) is 10.4 Å². The van der Waals surface area contributed by atoms with E-state index in [4.69, 9.17) is 25.0 Å². The van der Waals surface area contributed by atoms with Gasteiger partial charge in [0.05, 0.1) is 12.8 Å². The number of thiazole rings is 1. The van der Waals surface area contributed by atoms with Crippen molar-refractivity contribution in [1.82, 2.24) is 4.98 Å². The van der Waals surface area contributed by atoms with Crippen molar-refractivity contribution in [2.75, 3.05) is 19.2 Å². The Balaban J connectivity index is 1.85. The van der Waals surface area contributed by atoms with E-state index in [1.54, 1.807) is 13.2 Å². The summed E-state index contributed by atoms with van der Waals surface area (Å²) in [4.78, 5) is 23.7. The van der Waals surface area contributed by atoms with E-state index in [-0.39, 0.29) is 0 Å². The topological polar surface area (TPSA) is 115 Å². The summed E-state index contributed by atoms with van der Waals surface area (Å²) in [6.07, 6.45) is -0.0495. The van der Waals surface area contributed by atoms with Gasteiger partial charge in [-0.2, -0.15) is 0 Å². The minimum atomic E-state index is -4.30. The molecule has 0 unspecified atom stereocenters. The summed E-state index contributed by atoms with van der Waals surface area (Å²) in [6.45, 7) is 0. The molecule has 140 valence electrons. The first-order valence-electron chi connectivity index (χ1n) is 8.09. The summed E-state index contributed by atoms with van der Waals surface area (Å²) < 4.78 is 22.0. The van der Waals surface area contributed by atoms with E-state index in [1.165, 1.54) is 11.3 Å². The van der Waals surface area contributed by atoms with E-state index < -0.39 is 13.9 Å². The standard InChI is InChI=1S/C18H17N2O5PS/c1-24-11-4-2-3-10(7-11)12-5-6-14(25-9-26(21,22)23)16-13(12)8-15-17(16)20-18(19)27-15/h2-7H,8-9H2,1H3,(H2,19,20)(H2,21,22,23). The summed E-state index contributed by atoms with van der Waals surface area (Å²) in [6, 6.07) is 11.3. The van der Waals surface area contributed by atoms with Crippen LogP contribution in [0, 0.1) is 0 Å². The third-order valence-corrected chi connectivity index (χ3v) is 5.68. The van der Waals surface area contributed by atoms with E-state index in [1.807, 2.05) is 30.3 Å². The van der Waals surface area contributed by atoms with Crippen LogP contribution in [0.5, 0.6) is 11.5 Å². The zero-order valence-corrected chi connectivity index (χ0v) is 16.1. The Bertz CT molecular complexity index is 1080. The van der Waals surface area contributed by atoms with Crippen molar-refractivity contribution in [2.24, 2.45) is 0 Å². The first-order chi connectivity index (χ1) is 12.9. The number of benzene rings is 2. The molecule has 0 saturated carbocycles. The third-order valence-electron chi connectivity index (χ3n) is 4.33. The number of ether oxygens (including phenoxy) is 2. The summed E-state index contributed by atoms with van der Waals surface area (Å²) in [5.41, 5.74) is 10.3. The van der Waals surface area contributed by atoms with Crippen molar-refractivity contribution in [2.45, 2.75) is 6.42 Å². The van der Waals surface area contributed by atoms with Gasteiger partial charge in [-0.15, -0.1) is 11.3 Å². The maximum absolute atomic E-state index is 11.2. The number of hydrogen-bond acceptors (Lipinski definition) is 6. The molecule has 0 amide bonds. The molecule has 3 aromatic rings. The van der Waals surface area contributed by atoms with E-state index >= 15 is 0 Å². The largest absolute Gasteiger partial charge is 0.497 e. The van der Waals surface area contributed by atoms with Crippen molar-refractivity contribution in [3.05, 3.63) is 46.8 Å². The van der Waals surface area contributed by atoms with E-state index in [0.29, 0.717) is 17.3 Å². The van der Waals surface area contributed by atoms with Crippen molar-refractivity contribution in [3.8, 4) is 33.9 Å². The Morgan fingerprint density at radius 1 is 1.30 bits per heavy atom. The number of rotatable bonds is 5. The number of fused-ring (bicyclic) bond motifs is 3. The van der Waals surface area contributed by atoms with Crippen molar-refractivity contribution in [1.29, 1.82) is 0 Å². The van der Waals surface area contributed by atoms with Crippen LogP contribution in [0.2, 0.25) is 0 Å². The number of aromatic nitrogens is 1. The quantitative estimate of drug-likeness (QED) is 0.436. The lowest BCUT2D eigenvalue weighted by Crippen LogP contribution is -2.01. The molecule has 27 heavy (non-hydrogen) atoms. The second-order valence-electron chi connectivity index (χ2n) is 6.14. The minimum absolute atomic E-state index is 0.393. The van der Waals surface area contributed by atoms with E-state index in [0.717, 1.165) is 38.6 Å². The zero-order valence-electron chi connectivity index (χ0n) is 14.4. The number of nitrogens with two attached hydrogens (primary N) is 1. The van der Waals surface area contributed by atoms with Crippen LogP contribution in [0.4, 0.5) is 5.13 Å². The molecule has 4 rings (SSSR count). The molecule has 0 radical (unpaired) electrons. The molecule has 1 aliphatic rings. The average molecular weight is 404 g/mol. The van der Waals surface area contributed by atoms with Gasteiger partial charge in [-0.25, -0.2) is 4.98 Å². The number of nitrogens with zero attached hydrogens (tertiary/aromatic N) is 1. The third kappa shape index (κ3) is 3.44. The maximum atomic E-state index is 11.2. The monoisotopic (exact) mass is 404 g/mol. The normalized spacial score (nSPS) is 12.6. The molecule has 1 aliphatic carbocycles. The predicted molar refractivity (Wildman–Crippen MR) is 104 cm³/mol. The number of hydrogen-bond donors (Lipinski definition) is 3. The molecule has 0 atom stereocenters. The van der Waals surface area contributed by atoms with Gasteiger partial charge in [-0.05, 0) is 34.9 Å². The molecule has 0 bridgehead atoms. The maximum Gasteiger partial charge on any atom is 0.362 e. The highest BCUT2D eigenvalue weighted by molar-refractivity contribution is 7.51. The molecule has 7 nitrogen and oxygen atoms in total. The lowest BCUT2D eigenvalue weighted by atomic mass is 9.95. The summed E-state index contributed by atoms with van der Waals surface area (Å²) in [5.74, 6) is 1.14. The van der Waals surface area contributed by atoms with Crippen LogP contribution >= 0.6 is 18.9 Å². The molecular weight excluding hydrogens is 387 g/mol. The van der Waals surface area contributed by atoms with Crippen molar-refractivity contribution >= 4 is 24.1 Å². The van der Waals surface area contributed by atoms with Gasteiger partial charge < -0.3 is 25.0 Å². The highest BCUT2D eigenvalue weighted by Gasteiger charge is 2.30. The van der Waals surface area contributed by atoms with Crippen LogP contribution in [-0.2, 0) is 11.0 Å². The Hall–Kier alpha value is -2.38. The molecule has 0 fully saturated rings. The smallest absolute Gasteiger partial charge is 0.362 e. The SMILES string of the molecule is COc1cccc(-c2ccc(OCP(=O)(O)O)c3c2Cc2sc(N)nc2-3)c1. The number of methoxy groups -OCH3 is 1. The van der Waals surface area contributed by atoms with Crippen LogP contribution in [-0.4, -0.2) is 28.2 Å². The van der Waals surface area contributed by atoms with Gasteiger partial charge in [-0.3, -0.25) is 4.57 Å². The van der Waals surface area contributed by atoms with Gasteiger partial charge >= 0.3 is 7.60 Å². The molecule has 1 aromatic heterocycles. The highest BCUT2D eigenvalue weighted by atomic mass is 32.1. The van der Waals surface area contributed by atoms with Crippen LogP contribution in [0.15, 0.2) is 36.4 Å². The molecule has 9 heteroatoms. The predicted octanol–water partition coefficient (Wildman–Crippen LogP) is 3.49. The van der Waals surface area contributed by atoms with Crippen LogP contribution in [0.25, 0.3) is 22.4 Å².